The minimum atomic E-state index is -0.162. The molecule has 0 saturated heterocycles. The molecule has 0 radical (unpaired) electrons. The van der Waals surface area contributed by atoms with Gasteiger partial charge in [-0.05, 0) is 49.3 Å². The lowest BCUT2D eigenvalue weighted by atomic mass is 9.94. The van der Waals surface area contributed by atoms with E-state index in [1.807, 2.05) is 55.5 Å². The van der Waals surface area contributed by atoms with Crippen LogP contribution in [-0.2, 0) is 17.6 Å². The summed E-state index contributed by atoms with van der Waals surface area (Å²) in [7, 11) is 1.65. The number of amides is 1. The molecule has 0 spiro atoms. The molecule has 0 aliphatic heterocycles. The fraction of sp³-hybridized carbons (Fsp3) is 0.222. The molecular formula is C27H25NO3. The van der Waals surface area contributed by atoms with Gasteiger partial charge in [-0.1, -0.05) is 36.4 Å². The summed E-state index contributed by atoms with van der Waals surface area (Å²) in [5, 5.41) is 6.28. The van der Waals surface area contributed by atoms with Crippen molar-refractivity contribution in [3.05, 3.63) is 77.6 Å². The molecule has 4 nitrogen and oxygen atoms in total. The van der Waals surface area contributed by atoms with E-state index in [1.165, 1.54) is 18.4 Å². The molecule has 5 rings (SSSR count). The van der Waals surface area contributed by atoms with Gasteiger partial charge in [-0.25, -0.2) is 0 Å². The van der Waals surface area contributed by atoms with Gasteiger partial charge in [0.25, 0.3) is 0 Å². The van der Waals surface area contributed by atoms with Crippen LogP contribution in [0.3, 0.4) is 0 Å². The van der Waals surface area contributed by atoms with Crippen LogP contribution in [0.4, 0.5) is 5.69 Å². The summed E-state index contributed by atoms with van der Waals surface area (Å²) >= 11 is 0. The first kappa shape index (κ1) is 19.4. The summed E-state index contributed by atoms with van der Waals surface area (Å²) in [6.45, 7) is 1.94. The number of carbonyl (C=O) groups excluding carboxylic acids is 1. The van der Waals surface area contributed by atoms with E-state index in [1.54, 1.807) is 13.2 Å². The molecule has 4 aromatic rings. The number of hydrogen-bond donors (Lipinski definition) is 1. The molecule has 0 fully saturated rings. The first-order chi connectivity index (χ1) is 15.1. The molecule has 0 saturated carbocycles. The smallest absolute Gasteiger partial charge is 0.248 e. The first-order valence-corrected chi connectivity index (χ1v) is 10.7. The van der Waals surface area contributed by atoms with Gasteiger partial charge >= 0.3 is 0 Å². The number of methoxy groups -OCH3 is 1. The Kier molecular flexibility index (Phi) is 4.99. The average molecular weight is 412 g/mol. The highest BCUT2D eigenvalue weighted by Crippen LogP contribution is 2.38. The Morgan fingerprint density at radius 1 is 1.03 bits per heavy atom. The van der Waals surface area contributed by atoms with Crippen molar-refractivity contribution < 1.29 is 13.9 Å². The molecule has 0 atom stereocenters. The maximum absolute atomic E-state index is 12.8. The minimum absolute atomic E-state index is 0.162. The number of anilines is 1. The number of carbonyl (C=O) groups is 1. The van der Waals surface area contributed by atoms with Crippen LogP contribution in [0.25, 0.3) is 27.3 Å². The zero-order valence-electron chi connectivity index (χ0n) is 17.8. The van der Waals surface area contributed by atoms with E-state index >= 15 is 0 Å². The monoisotopic (exact) mass is 411 g/mol. The number of furan rings is 1. The molecule has 156 valence electrons. The zero-order chi connectivity index (χ0) is 21.4. The number of ether oxygens (including phenoxy) is 1. The molecule has 4 heteroatoms. The van der Waals surface area contributed by atoms with Crippen molar-refractivity contribution in [2.45, 2.75) is 32.6 Å². The fourth-order valence-corrected chi connectivity index (χ4v) is 4.54. The van der Waals surface area contributed by atoms with Crippen molar-refractivity contribution in [3.63, 3.8) is 0 Å². The summed E-state index contributed by atoms with van der Waals surface area (Å²) in [6, 6.07) is 18.0. The summed E-state index contributed by atoms with van der Waals surface area (Å²) < 4.78 is 11.7. The van der Waals surface area contributed by atoms with E-state index < -0.39 is 0 Å². The molecule has 1 amide bonds. The molecule has 1 heterocycles. The molecule has 3 aromatic carbocycles. The summed E-state index contributed by atoms with van der Waals surface area (Å²) in [5.74, 6) is 1.64. The van der Waals surface area contributed by atoms with Gasteiger partial charge in [-0.15, -0.1) is 0 Å². The number of hydrogen-bond acceptors (Lipinski definition) is 3. The standard InChI is InChI=1S/C27H25NO3/c1-17(14-27(29)28-23-12-7-9-18-8-3-4-10-19(18)23)21-15-22-20-11-5-6-13-24(20)31-26(22)16-25(21)30-2/h3-4,7-10,12,14-16H,5-6,11,13H2,1-2H3,(H,28,29)/b17-14+. The van der Waals surface area contributed by atoms with Crippen molar-refractivity contribution >= 4 is 38.9 Å². The highest BCUT2D eigenvalue weighted by molar-refractivity contribution is 6.09. The molecular weight excluding hydrogens is 386 g/mol. The number of benzene rings is 3. The van der Waals surface area contributed by atoms with Crippen molar-refractivity contribution in [2.24, 2.45) is 0 Å². The molecule has 1 aliphatic carbocycles. The Morgan fingerprint density at radius 2 is 1.84 bits per heavy atom. The number of allylic oxidation sites excluding steroid dienone is 1. The summed E-state index contributed by atoms with van der Waals surface area (Å²) in [5.41, 5.74) is 4.73. The van der Waals surface area contributed by atoms with E-state index in [2.05, 4.69) is 11.4 Å². The van der Waals surface area contributed by atoms with Crippen LogP contribution in [-0.4, -0.2) is 13.0 Å². The third-order valence-electron chi connectivity index (χ3n) is 6.10. The molecule has 1 N–H and O–H groups in total. The zero-order valence-corrected chi connectivity index (χ0v) is 17.8. The maximum Gasteiger partial charge on any atom is 0.248 e. The van der Waals surface area contributed by atoms with Crippen LogP contribution in [0.15, 0.2) is 65.1 Å². The van der Waals surface area contributed by atoms with E-state index in [-0.39, 0.29) is 5.91 Å². The number of aryl methyl sites for hydroxylation is 2. The maximum atomic E-state index is 12.8. The third-order valence-corrected chi connectivity index (χ3v) is 6.10. The molecule has 31 heavy (non-hydrogen) atoms. The average Bonchev–Trinajstić information content (AvgIpc) is 3.16. The van der Waals surface area contributed by atoms with Gasteiger partial charge in [0.05, 0.1) is 7.11 Å². The van der Waals surface area contributed by atoms with E-state index in [9.17, 15) is 4.79 Å². The highest BCUT2D eigenvalue weighted by atomic mass is 16.5. The van der Waals surface area contributed by atoms with Crippen molar-refractivity contribution in [2.75, 3.05) is 12.4 Å². The second-order valence-corrected chi connectivity index (χ2v) is 8.10. The van der Waals surface area contributed by atoms with E-state index in [0.717, 1.165) is 57.2 Å². The van der Waals surface area contributed by atoms with Gasteiger partial charge in [-0.2, -0.15) is 0 Å². The number of fused-ring (bicyclic) bond motifs is 4. The van der Waals surface area contributed by atoms with Crippen LogP contribution in [0.5, 0.6) is 5.75 Å². The van der Waals surface area contributed by atoms with Crippen LogP contribution in [0, 0.1) is 0 Å². The Hall–Kier alpha value is -3.53. The number of rotatable bonds is 4. The molecule has 0 unspecified atom stereocenters. The van der Waals surface area contributed by atoms with E-state index in [4.69, 9.17) is 9.15 Å². The van der Waals surface area contributed by atoms with Gasteiger partial charge in [0.2, 0.25) is 5.91 Å². The molecule has 1 aliphatic rings. The minimum Gasteiger partial charge on any atom is -0.496 e. The second kappa shape index (κ2) is 7.95. The topological polar surface area (TPSA) is 51.5 Å². The van der Waals surface area contributed by atoms with Crippen molar-refractivity contribution in [3.8, 4) is 5.75 Å². The quantitative estimate of drug-likeness (QED) is 0.389. The Bertz CT molecular complexity index is 1320. The highest BCUT2D eigenvalue weighted by Gasteiger charge is 2.20. The predicted molar refractivity (Wildman–Crippen MR) is 126 cm³/mol. The molecule has 0 bridgehead atoms. The fourth-order valence-electron chi connectivity index (χ4n) is 4.54. The first-order valence-electron chi connectivity index (χ1n) is 10.7. The largest absolute Gasteiger partial charge is 0.496 e. The third kappa shape index (κ3) is 3.59. The van der Waals surface area contributed by atoms with E-state index in [0.29, 0.717) is 5.75 Å². The van der Waals surface area contributed by atoms with Gasteiger partial charge in [0.1, 0.15) is 17.1 Å². The van der Waals surface area contributed by atoms with Gasteiger partial charge < -0.3 is 14.5 Å². The second-order valence-electron chi connectivity index (χ2n) is 8.10. The van der Waals surface area contributed by atoms with Gasteiger partial charge in [0.15, 0.2) is 0 Å². The predicted octanol–water partition coefficient (Wildman–Crippen LogP) is 6.52. The van der Waals surface area contributed by atoms with Crippen LogP contribution < -0.4 is 10.1 Å². The van der Waals surface area contributed by atoms with Crippen molar-refractivity contribution in [1.82, 2.24) is 0 Å². The lowest BCUT2D eigenvalue weighted by molar-refractivity contribution is -0.111. The van der Waals surface area contributed by atoms with Crippen LogP contribution in [0.2, 0.25) is 0 Å². The lowest BCUT2D eigenvalue weighted by Crippen LogP contribution is -2.09. The van der Waals surface area contributed by atoms with Crippen LogP contribution >= 0.6 is 0 Å². The lowest BCUT2D eigenvalue weighted by Gasteiger charge is -2.11. The van der Waals surface area contributed by atoms with Gasteiger partial charge in [0, 0.05) is 46.1 Å². The summed E-state index contributed by atoms with van der Waals surface area (Å²) in [6.07, 6.45) is 6.02. The van der Waals surface area contributed by atoms with Crippen molar-refractivity contribution in [1.29, 1.82) is 0 Å². The Morgan fingerprint density at radius 3 is 2.71 bits per heavy atom. The normalized spacial score (nSPS) is 13.9. The Labute approximate surface area is 181 Å². The summed E-state index contributed by atoms with van der Waals surface area (Å²) in [4.78, 5) is 12.8. The number of nitrogens with one attached hydrogen (secondary N) is 1. The van der Waals surface area contributed by atoms with Gasteiger partial charge in [-0.3, -0.25) is 4.79 Å². The molecule has 1 aromatic heterocycles. The SMILES string of the molecule is COc1cc2oc3c(c2cc1/C(C)=C/C(=O)Nc1cccc2ccccc12)CCCC3. The van der Waals surface area contributed by atoms with Crippen LogP contribution in [0.1, 0.15) is 36.7 Å². The Balaban J connectivity index is 1.49.